The second kappa shape index (κ2) is 9.78. The maximum Gasteiger partial charge on any atom is 0.0625 e. The third kappa shape index (κ3) is 3.55. The molecule has 11 rings (SSSR count). The molecule has 0 saturated carbocycles. The van der Waals surface area contributed by atoms with E-state index in [2.05, 4.69) is 168 Å². The lowest BCUT2D eigenvalue weighted by Crippen LogP contribution is -1.98. The number of hydrogen-bond acceptors (Lipinski definition) is 1. The van der Waals surface area contributed by atoms with Gasteiger partial charge in [-0.05, 0) is 73.8 Å². The molecule has 0 radical (unpaired) electrons. The molecular weight excluding hydrogens is 599 g/mol. The molecule has 1 nitrogen and oxygen atoms in total. The van der Waals surface area contributed by atoms with Gasteiger partial charge in [-0.2, -0.15) is 0 Å². The molecule has 0 aliphatic carbocycles. The van der Waals surface area contributed by atoms with Gasteiger partial charge in [0.05, 0.1) is 16.7 Å². The molecule has 0 bridgehead atoms. The quantitative estimate of drug-likeness (QED) is 0.133. The van der Waals surface area contributed by atoms with Crippen LogP contribution in [0.2, 0.25) is 0 Å². The molecule has 11 aromatic rings. The summed E-state index contributed by atoms with van der Waals surface area (Å²) in [6.07, 6.45) is 0. The molecule has 0 unspecified atom stereocenters. The summed E-state index contributed by atoms with van der Waals surface area (Å²) in [5, 5.41) is 15.4. The zero-order valence-corrected chi connectivity index (χ0v) is 26.8. The van der Waals surface area contributed by atoms with Gasteiger partial charge in [0.15, 0.2) is 0 Å². The van der Waals surface area contributed by atoms with Crippen LogP contribution < -0.4 is 0 Å². The fraction of sp³-hybridized carbons (Fsp3) is 0. The number of hydrogen-bond donors (Lipinski definition) is 0. The minimum absolute atomic E-state index is 1.22. The number of fused-ring (bicyclic) bond motifs is 12. The van der Waals surface area contributed by atoms with Crippen molar-refractivity contribution in [3.05, 3.63) is 164 Å². The number of nitrogens with zero attached hydrogens (tertiary/aromatic N) is 1. The highest BCUT2D eigenvalue weighted by Gasteiger charge is 2.20. The first kappa shape index (κ1) is 26.1. The Kier molecular flexibility index (Phi) is 5.32. The van der Waals surface area contributed by atoms with Crippen LogP contribution in [0.3, 0.4) is 0 Å². The van der Waals surface area contributed by atoms with Gasteiger partial charge in [0.2, 0.25) is 0 Å². The highest BCUT2D eigenvalue weighted by atomic mass is 32.1. The van der Waals surface area contributed by atoms with Crippen molar-refractivity contribution in [1.82, 2.24) is 4.57 Å². The Hall–Kier alpha value is -5.96. The second-order valence-electron chi connectivity index (χ2n) is 12.9. The Morgan fingerprint density at radius 2 is 1.04 bits per heavy atom. The zero-order chi connectivity index (χ0) is 31.3. The van der Waals surface area contributed by atoms with Crippen LogP contribution in [0, 0.1) is 0 Å². The molecule has 0 saturated heterocycles. The van der Waals surface area contributed by atoms with Gasteiger partial charge in [0.25, 0.3) is 0 Å². The first-order valence-corrected chi connectivity index (χ1v) is 17.3. The van der Waals surface area contributed by atoms with E-state index in [-0.39, 0.29) is 0 Å². The number of aromatic nitrogens is 1. The van der Waals surface area contributed by atoms with Gasteiger partial charge in [-0.3, -0.25) is 0 Å². The summed E-state index contributed by atoms with van der Waals surface area (Å²) in [7, 11) is 0. The van der Waals surface area contributed by atoms with Gasteiger partial charge >= 0.3 is 0 Å². The van der Waals surface area contributed by atoms with E-state index in [4.69, 9.17) is 0 Å². The van der Waals surface area contributed by atoms with Gasteiger partial charge in [-0.1, -0.05) is 133 Å². The average Bonchev–Trinajstić information content (AvgIpc) is 3.69. The Morgan fingerprint density at radius 1 is 0.375 bits per heavy atom. The Labute approximate surface area is 280 Å². The highest BCUT2D eigenvalue weighted by molar-refractivity contribution is 7.26. The molecule has 222 valence electrons. The summed E-state index contributed by atoms with van der Waals surface area (Å²) in [4.78, 5) is 0. The van der Waals surface area contributed by atoms with Crippen LogP contribution in [0.5, 0.6) is 0 Å². The van der Waals surface area contributed by atoms with E-state index in [1.807, 2.05) is 11.3 Å². The molecule has 2 heterocycles. The summed E-state index contributed by atoms with van der Waals surface area (Å²) in [5.41, 5.74) is 6.23. The number of para-hydroxylation sites is 1. The van der Waals surface area contributed by atoms with Gasteiger partial charge in [0, 0.05) is 41.7 Å². The van der Waals surface area contributed by atoms with Crippen molar-refractivity contribution in [1.29, 1.82) is 0 Å². The summed E-state index contributed by atoms with van der Waals surface area (Å²) in [6.45, 7) is 0. The number of thiophene rings is 1. The molecule has 0 atom stereocenters. The van der Waals surface area contributed by atoms with Crippen molar-refractivity contribution < 1.29 is 0 Å². The lowest BCUT2D eigenvalue weighted by atomic mass is 9.93. The van der Waals surface area contributed by atoms with Crippen molar-refractivity contribution in [3.63, 3.8) is 0 Å². The van der Waals surface area contributed by atoms with Crippen LogP contribution in [-0.4, -0.2) is 4.57 Å². The molecule has 0 aliphatic heterocycles. The van der Waals surface area contributed by atoms with Crippen LogP contribution in [0.15, 0.2) is 164 Å². The van der Waals surface area contributed by atoms with E-state index in [1.54, 1.807) is 0 Å². The molecule has 2 heteroatoms. The minimum Gasteiger partial charge on any atom is -0.308 e. The fourth-order valence-electron chi connectivity index (χ4n) is 8.21. The maximum atomic E-state index is 2.54. The first-order valence-electron chi connectivity index (χ1n) is 16.5. The molecule has 0 aliphatic rings. The predicted octanol–water partition coefficient (Wildman–Crippen LogP) is 13.4. The average molecular weight is 626 g/mol. The summed E-state index contributed by atoms with van der Waals surface area (Å²) in [6, 6.07) is 60.8. The summed E-state index contributed by atoms with van der Waals surface area (Å²) >= 11 is 1.89. The van der Waals surface area contributed by atoms with Crippen LogP contribution in [0.25, 0.3) is 102 Å². The lowest BCUT2D eigenvalue weighted by Gasteiger charge is -2.18. The number of rotatable bonds is 2. The van der Waals surface area contributed by atoms with Gasteiger partial charge in [0.1, 0.15) is 0 Å². The normalized spacial score (nSPS) is 12.2. The number of benzene rings is 9. The highest BCUT2D eigenvalue weighted by Crippen LogP contribution is 2.45. The molecule has 0 spiro atoms. The Bertz CT molecular complexity index is 3120. The maximum absolute atomic E-state index is 2.54. The van der Waals surface area contributed by atoms with E-state index in [1.165, 1.54) is 102 Å². The Morgan fingerprint density at radius 3 is 1.94 bits per heavy atom. The molecule has 2 aromatic heterocycles. The van der Waals surface area contributed by atoms with Crippen molar-refractivity contribution in [2.24, 2.45) is 0 Å². The summed E-state index contributed by atoms with van der Waals surface area (Å²) in [5.74, 6) is 0. The van der Waals surface area contributed by atoms with E-state index in [0.717, 1.165) is 0 Å². The van der Waals surface area contributed by atoms with Gasteiger partial charge in [-0.25, -0.2) is 0 Å². The van der Waals surface area contributed by atoms with Crippen molar-refractivity contribution in [2.45, 2.75) is 0 Å². The zero-order valence-electron chi connectivity index (χ0n) is 25.9. The van der Waals surface area contributed by atoms with Gasteiger partial charge in [-0.15, -0.1) is 11.3 Å². The topological polar surface area (TPSA) is 4.93 Å². The van der Waals surface area contributed by atoms with Crippen molar-refractivity contribution >= 4 is 96.4 Å². The molecular formula is C46H27NS. The van der Waals surface area contributed by atoms with Crippen LogP contribution in [0.1, 0.15) is 0 Å². The molecule has 48 heavy (non-hydrogen) atoms. The van der Waals surface area contributed by atoms with E-state index >= 15 is 0 Å². The summed E-state index contributed by atoms with van der Waals surface area (Å²) < 4.78 is 5.22. The van der Waals surface area contributed by atoms with E-state index in [9.17, 15) is 0 Å². The van der Waals surface area contributed by atoms with Gasteiger partial charge < -0.3 is 4.57 Å². The largest absolute Gasteiger partial charge is 0.308 e. The SMILES string of the molecule is c1ccc2c(c1)ccc1c(-n3c4ccccc4c4cc(-c5cccc6c5sc5ccccc56)ccc43)c3c(ccc4ccccc43)cc12. The smallest absolute Gasteiger partial charge is 0.0625 e. The molecule has 0 N–H and O–H groups in total. The standard InChI is InChI=1S/C46H27NS/c1-3-12-32-28(10-1)22-24-37-39(32)27-31-21-20-29-11-2-4-13-33(29)44(31)45(37)47-41-18-7-5-14-35(41)40-26-30(23-25-42(40)47)34-16-9-17-38-36-15-6-8-19-43(36)48-46(34)38/h1-27H. The van der Waals surface area contributed by atoms with Crippen LogP contribution >= 0.6 is 11.3 Å². The predicted molar refractivity (Wildman–Crippen MR) is 209 cm³/mol. The second-order valence-corrected chi connectivity index (χ2v) is 13.9. The van der Waals surface area contributed by atoms with E-state index in [0.29, 0.717) is 0 Å². The molecule has 9 aromatic carbocycles. The van der Waals surface area contributed by atoms with Crippen molar-refractivity contribution in [2.75, 3.05) is 0 Å². The molecule has 0 fully saturated rings. The Balaban J connectivity index is 1.29. The lowest BCUT2D eigenvalue weighted by molar-refractivity contribution is 1.22. The fourth-order valence-corrected chi connectivity index (χ4v) is 9.45. The monoisotopic (exact) mass is 625 g/mol. The third-order valence-corrected chi connectivity index (χ3v) is 11.6. The minimum atomic E-state index is 1.22. The first-order chi connectivity index (χ1) is 23.8. The van der Waals surface area contributed by atoms with Crippen molar-refractivity contribution in [3.8, 4) is 16.8 Å². The van der Waals surface area contributed by atoms with E-state index < -0.39 is 0 Å². The third-order valence-electron chi connectivity index (χ3n) is 10.3. The van der Waals surface area contributed by atoms with Crippen LogP contribution in [-0.2, 0) is 0 Å². The van der Waals surface area contributed by atoms with Crippen LogP contribution in [0.4, 0.5) is 0 Å². The molecule has 0 amide bonds.